The minimum absolute atomic E-state index is 0.0471. The van der Waals surface area contributed by atoms with Gasteiger partial charge in [-0.3, -0.25) is 14.9 Å². The number of cyclic esters (lactones) is 1. The number of carboxylic acid groups (broad SMARTS) is 1. The van der Waals surface area contributed by atoms with Gasteiger partial charge in [-0.1, -0.05) is 5.16 Å². The minimum atomic E-state index is -1.79. The Bertz CT molecular complexity index is 1130. The second-order valence-corrected chi connectivity index (χ2v) is 10.5. The fourth-order valence-corrected chi connectivity index (χ4v) is 3.71. The zero-order valence-corrected chi connectivity index (χ0v) is 21.6. The molecule has 3 rings (SSSR count). The Morgan fingerprint density at radius 2 is 2.00 bits per heavy atom. The first-order valence-corrected chi connectivity index (χ1v) is 12.0. The zero-order valence-electron chi connectivity index (χ0n) is 20.8. The highest BCUT2D eigenvalue weighted by Crippen LogP contribution is 2.20. The topological polar surface area (TPSA) is 198 Å². The molecule has 37 heavy (non-hydrogen) atoms. The van der Waals surface area contributed by atoms with Gasteiger partial charge in [0.25, 0.3) is 5.91 Å². The molecule has 202 valence electrons. The van der Waals surface area contributed by atoms with Gasteiger partial charge in [-0.2, -0.15) is 0 Å². The quantitative estimate of drug-likeness (QED) is 0.194. The molecule has 0 unspecified atom stereocenters. The number of hydrogen-bond acceptors (Lipinski definition) is 11. The Kier molecular flexibility index (Phi) is 7.90. The molecule has 3 heterocycles. The standard InChI is InChI=1S/C21H28N6O9S/c1-20(2,3)35-18(32)25-17-23-11(9-37-17)13(26-36-21(4,5)16(30)31)15(29)24-12-10(22-14(12)28)8-27-6-7-34-19(27)33/h9-10,12H,6-8H2,1-5H3,(H,22,28)(H,24,29)(H,30,31)(H,23,25,32)/t10-,12-/m0/s1. The van der Waals surface area contributed by atoms with Gasteiger partial charge in [-0.25, -0.2) is 19.4 Å². The molecule has 2 saturated heterocycles. The maximum Gasteiger partial charge on any atom is 0.413 e. The first-order valence-electron chi connectivity index (χ1n) is 11.1. The summed E-state index contributed by atoms with van der Waals surface area (Å²) in [6, 6.07) is -1.59. The van der Waals surface area contributed by atoms with Gasteiger partial charge in [0.05, 0.1) is 12.6 Å². The molecule has 4 N–H and O–H groups in total. The Morgan fingerprint density at radius 1 is 1.30 bits per heavy atom. The van der Waals surface area contributed by atoms with Crippen LogP contribution in [0.3, 0.4) is 0 Å². The lowest BCUT2D eigenvalue weighted by molar-refractivity contribution is -0.161. The number of aliphatic carboxylic acids is 1. The van der Waals surface area contributed by atoms with Crippen LogP contribution in [0.5, 0.6) is 0 Å². The van der Waals surface area contributed by atoms with Gasteiger partial charge in [0, 0.05) is 11.9 Å². The molecule has 2 aliphatic heterocycles. The van der Waals surface area contributed by atoms with Crippen LogP contribution in [0.1, 0.15) is 40.3 Å². The molecule has 15 nitrogen and oxygen atoms in total. The average Bonchev–Trinajstić information content (AvgIpc) is 3.39. The number of rotatable bonds is 9. The van der Waals surface area contributed by atoms with Gasteiger partial charge in [0.1, 0.15) is 23.9 Å². The second-order valence-electron chi connectivity index (χ2n) is 9.64. The van der Waals surface area contributed by atoms with E-state index in [0.717, 1.165) is 11.3 Å². The lowest BCUT2D eigenvalue weighted by Crippen LogP contribution is -2.72. The third-order valence-electron chi connectivity index (χ3n) is 5.01. The van der Waals surface area contributed by atoms with E-state index in [4.69, 9.17) is 14.3 Å². The number of anilines is 1. The first-order chi connectivity index (χ1) is 17.2. The number of ether oxygens (including phenoxy) is 2. The van der Waals surface area contributed by atoms with Crippen molar-refractivity contribution in [2.75, 3.05) is 25.0 Å². The number of nitrogens with one attached hydrogen (secondary N) is 3. The van der Waals surface area contributed by atoms with E-state index < -0.39 is 59.0 Å². The van der Waals surface area contributed by atoms with Crippen LogP contribution in [0.4, 0.5) is 14.7 Å². The Labute approximate surface area is 215 Å². The highest BCUT2D eigenvalue weighted by Gasteiger charge is 2.43. The number of thiazole rings is 1. The smallest absolute Gasteiger partial charge is 0.413 e. The number of oxime groups is 1. The molecule has 0 saturated carbocycles. The number of carbonyl (C=O) groups is 5. The highest BCUT2D eigenvalue weighted by molar-refractivity contribution is 7.14. The van der Waals surface area contributed by atoms with E-state index in [2.05, 4.69) is 26.1 Å². The Hall–Kier alpha value is -3.95. The largest absolute Gasteiger partial charge is 0.478 e. The van der Waals surface area contributed by atoms with E-state index >= 15 is 0 Å². The van der Waals surface area contributed by atoms with Crippen molar-refractivity contribution >= 4 is 52.2 Å². The van der Waals surface area contributed by atoms with Crippen LogP contribution in [-0.4, -0.2) is 93.7 Å². The van der Waals surface area contributed by atoms with E-state index in [1.54, 1.807) is 20.8 Å². The maximum atomic E-state index is 13.1. The monoisotopic (exact) mass is 540 g/mol. The molecule has 1 aromatic heterocycles. The van der Waals surface area contributed by atoms with E-state index in [1.165, 1.54) is 24.1 Å². The van der Waals surface area contributed by atoms with Crippen LogP contribution >= 0.6 is 11.3 Å². The first kappa shape index (κ1) is 27.6. The summed E-state index contributed by atoms with van der Waals surface area (Å²) < 4.78 is 10.0. The summed E-state index contributed by atoms with van der Waals surface area (Å²) in [5.41, 5.74) is -3.01. The lowest BCUT2D eigenvalue weighted by Gasteiger charge is -2.38. The molecule has 2 atom stereocenters. The van der Waals surface area contributed by atoms with Crippen molar-refractivity contribution in [3.63, 3.8) is 0 Å². The molecule has 2 fully saturated rings. The number of carboxylic acids is 1. The van der Waals surface area contributed by atoms with Crippen molar-refractivity contribution < 1.29 is 43.4 Å². The van der Waals surface area contributed by atoms with Crippen LogP contribution < -0.4 is 16.0 Å². The fraction of sp³-hybridized carbons (Fsp3) is 0.571. The minimum Gasteiger partial charge on any atom is -0.478 e. The van der Waals surface area contributed by atoms with Crippen molar-refractivity contribution in [3.05, 3.63) is 11.1 Å². The molecule has 0 aliphatic carbocycles. The van der Waals surface area contributed by atoms with Crippen LogP contribution in [-0.2, 0) is 28.7 Å². The zero-order chi connectivity index (χ0) is 27.5. The SMILES string of the molecule is CC(C)(C)OC(=O)Nc1nc(C(=NOC(C)(C)C(=O)O)C(=O)N[C@@H]2C(=O)N[C@H]2CN2CCOC2=O)cs1. The van der Waals surface area contributed by atoms with E-state index in [9.17, 15) is 29.1 Å². The Morgan fingerprint density at radius 3 is 2.57 bits per heavy atom. The number of β-lactam (4-membered cyclic amide) rings is 1. The lowest BCUT2D eigenvalue weighted by atomic mass is 9.98. The van der Waals surface area contributed by atoms with Gasteiger partial charge in [-0.15, -0.1) is 11.3 Å². The second kappa shape index (κ2) is 10.6. The van der Waals surface area contributed by atoms with Crippen molar-refractivity contribution in [2.45, 2.75) is 57.9 Å². The predicted molar refractivity (Wildman–Crippen MR) is 128 cm³/mol. The average molecular weight is 541 g/mol. The molecule has 1 aromatic rings. The van der Waals surface area contributed by atoms with E-state index in [0.29, 0.717) is 6.54 Å². The molecule has 0 bridgehead atoms. The van der Waals surface area contributed by atoms with Crippen LogP contribution in [0.15, 0.2) is 10.5 Å². The molecular formula is C21H28N6O9S. The van der Waals surface area contributed by atoms with Gasteiger partial charge < -0.3 is 35.0 Å². The summed E-state index contributed by atoms with van der Waals surface area (Å²) in [5, 5.41) is 22.1. The number of carbonyl (C=O) groups excluding carboxylic acids is 4. The summed E-state index contributed by atoms with van der Waals surface area (Å²) >= 11 is 0.957. The van der Waals surface area contributed by atoms with Crippen molar-refractivity contribution in [1.29, 1.82) is 0 Å². The van der Waals surface area contributed by atoms with E-state index in [1.807, 2.05) is 0 Å². The summed E-state index contributed by atoms with van der Waals surface area (Å²) in [4.78, 5) is 71.1. The van der Waals surface area contributed by atoms with Crippen LogP contribution in [0.2, 0.25) is 0 Å². The summed E-state index contributed by atoms with van der Waals surface area (Å²) in [6.07, 6.45) is -1.29. The Balaban J connectivity index is 1.78. The number of hydrogen-bond donors (Lipinski definition) is 4. The van der Waals surface area contributed by atoms with Crippen molar-refractivity contribution in [1.82, 2.24) is 20.5 Å². The number of nitrogens with zero attached hydrogens (tertiary/aromatic N) is 3. The van der Waals surface area contributed by atoms with Gasteiger partial charge in [0.2, 0.25) is 11.5 Å². The van der Waals surface area contributed by atoms with Crippen LogP contribution in [0, 0.1) is 0 Å². The van der Waals surface area contributed by atoms with Crippen molar-refractivity contribution in [2.24, 2.45) is 5.16 Å². The van der Waals surface area contributed by atoms with Gasteiger partial charge in [-0.05, 0) is 34.6 Å². The number of amides is 4. The third kappa shape index (κ3) is 7.05. The van der Waals surface area contributed by atoms with Crippen molar-refractivity contribution in [3.8, 4) is 0 Å². The molecule has 0 aromatic carbocycles. The molecule has 0 spiro atoms. The fourth-order valence-electron chi connectivity index (χ4n) is 3.03. The maximum absolute atomic E-state index is 13.1. The summed E-state index contributed by atoms with van der Waals surface area (Å²) in [5.74, 6) is -2.70. The molecule has 2 aliphatic rings. The summed E-state index contributed by atoms with van der Waals surface area (Å²) in [6.45, 7) is 8.22. The normalized spacial score (nSPS) is 19.9. The van der Waals surface area contributed by atoms with Gasteiger partial charge >= 0.3 is 18.2 Å². The molecule has 4 amide bonds. The predicted octanol–water partition coefficient (Wildman–Crippen LogP) is 0.509. The number of aromatic nitrogens is 1. The molecule has 16 heteroatoms. The molecule has 0 radical (unpaired) electrons. The third-order valence-corrected chi connectivity index (χ3v) is 5.77. The van der Waals surface area contributed by atoms with Gasteiger partial charge in [0.15, 0.2) is 10.8 Å². The summed E-state index contributed by atoms with van der Waals surface area (Å²) in [7, 11) is 0. The van der Waals surface area contributed by atoms with E-state index in [-0.39, 0.29) is 24.0 Å². The van der Waals surface area contributed by atoms with Crippen LogP contribution in [0.25, 0.3) is 0 Å². The molecular weight excluding hydrogens is 512 g/mol. The highest BCUT2D eigenvalue weighted by atomic mass is 32.1.